The minimum Gasteiger partial charge on any atom is -0.381 e. The molecule has 2 fully saturated rings. The summed E-state index contributed by atoms with van der Waals surface area (Å²) in [5.74, 6) is 0.275. The van der Waals surface area contributed by atoms with Crippen LogP contribution in [0.5, 0.6) is 0 Å². The van der Waals surface area contributed by atoms with E-state index in [-0.39, 0.29) is 23.3 Å². The van der Waals surface area contributed by atoms with Crippen molar-refractivity contribution >= 4 is 17.2 Å². The third-order valence-electron chi connectivity index (χ3n) is 4.80. The zero-order valence-electron chi connectivity index (χ0n) is 13.4. The molecule has 122 valence electrons. The lowest BCUT2D eigenvalue weighted by Crippen LogP contribution is -2.46. The zero-order valence-corrected chi connectivity index (χ0v) is 14.2. The lowest BCUT2D eigenvalue weighted by atomic mass is 9.71. The maximum atomic E-state index is 12.7. The summed E-state index contributed by atoms with van der Waals surface area (Å²) in [7, 11) is 0. The number of rotatable bonds is 4. The van der Waals surface area contributed by atoms with Gasteiger partial charge in [-0.25, -0.2) is 4.98 Å². The number of nitrogens with zero attached hydrogens (tertiary/aromatic N) is 2. The first kappa shape index (κ1) is 15.9. The van der Waals surface area contributed by atoms with Crippen molar-refractivity contribution < 1.29 is 9.53 Å². The number of ether oxygens (including phenoxy) is 1. The molecular formula is C16H25N3O2S. The number of amides is 1. The van der Waals surface area contributed by atoms with E-state index in [9.17, 15) is 4.79 Å². The molecule has 0 aromatic carbocycles. The Morgan fingerprint density at radius 2 is 2.32 bits per heavy atom. The second kappa shape index (κ2) is 6.64. The van der Waals surface area contributed by atoms with Crippen molar-refractivity contribution in [2.24, 2.45) is 11.3 Å². The average molecular weight is 323 g/mol. The van der Waals surface area contributed by atoms with Crippen molar-refractivity contribution in [1.82, 2.24) is 15.2 Å². The summed E-state index contributed by atoms with van der Waals surface area (Å²) in [6.45, 7) is 8.26. The summed E-state index contributed by atoms with van der Waals surface area (Å²) in [6.07, 6.45) is 3.82. The van der Waals surface area contributed by atoms with Crippen molar-refractivity contribution in [1.29, 1.82) is 0 Å². The predicted octanol–water partition coefficient (Wildman–Crippen LogP) is 1.90. The van der Waals surface area contributed by atoms with Gasteiger partial charge in [-0.05, 0) is 26.7 Å². The molecule has 22 heavy (non-hydrogen) atoms. The van der Waals surface area contributed by atoms with Crippen molar-refractivity contribution in [2.45, 2.75) is 39.3 Å². The smallest absolute Gasteiger partial charge is 0.225 e. The van der Waals surface area contributed by atoms with Gasteiger partial charge in [0, 0.05) is 49.3 Å². The number of hydrogen-bond acceptors (Lipinski definition) is 5. The highest BCUT2D eigenvalue weighted by atomic mass is 32.1. The normalized spacial score (nSPS) is 25.0. The molecule has 0 aliphatic carbocycles. The molecule has 2 aliphatic rings. The van der Waals surface area contributed by atoms with Crippen LogP contribution in [0.3, 0.4) is 0 Å². The Morgan fingerprint density at radius 3 is 2.95 bits per heavy atom. The summed E-state index contributed by atoms with van der Waals surface area (Å²) < 4.78 is 5.55. The van der Waals surface area contributed by atoms with Crippen molar-refractivity contribution in [3.8, 4) is 0 Å². The highest BCUT2D eigenvalue weighted by molar-refractivity contribution is 7.09. The van der Waals surface area contributed by atoms with Gasteiger partial charge in [-0.2, -0.15) is 0 Å². The quantitative estimate of drug-likeness (QED) is 0.919. The van der Waals surface area contributed by atoms with Crippen LogP contribution in [-0.2, 0) is 16.1 Å². The zero-order chi connectivity index (χ0) is 15.6. The molecule has 0 saturated carbocycles. The van der Waals surface area contributed by atoms with E-state index in [1.165, 1.54) is 0 Å². The lowest BCUT2D eigenvalue weighted by molar-refractivity contribution is -0.130. The molecule has 3 rings (SSSR count). The molecular weight excluding hydrogens is 298 g/mol. The van der Waals surface area contributed by atoms with Crippen LogP contribution < -0.4 is 5.32 Å². The standard InChI is InChI=1S/C16H25N3O2S/c1-12(2)18-15(20)13-9-19(10-14-17-5-8-22-14)11-16(13)3-6-21-7-4-16/h5,8,12-13H,3-4,6-7,9-11H2,1-2H3,(H,18,20)/t13-/m0/s1. The summed E-state index contributed by atoms with van der Waals surface area (Å²) in [6, 6.07) is 0.192. The average Bonchev–Trinajstić information content (AvgIpc) is 3.08. The largest absolute Gasteiger partial charge is 0.381 e. The first-order valence-corrected chi connectivity index (χ1v) is 8.96. The fraction of sp³-hybridized carbons (Fsp3) is 0.750. The van der Waals surface area contributed by atoms with Crippen molar-refractivity contribution in [3.05, 3.63) is 16.6 Å². The SMILES string of the molecule is CC(C)NC(=O)[C@@H]1CN(Cc2nccs2)CC12CCOCC2. The Bertz CT molecular complexity index is 497. The van der Waals surface area contributed by atoms with Gasteiger partial charge >= 0.3 is 0 Å². The molecule has 1 aromatic heterocycles. The number of nitrogens with one attached hydrogen (secondary N) is 1. The molecule has 1 spiro atoms. The fourth-order valence-electron chi connectivity index (χ4n) is 3.75. The third-order valence-corrected chi connectivity index (χ3v) is 5.56. The summed E-state index contributed by atoms with van der Waals surface area (Å²) in [5, 5.41) is 6.26. The van der Waals surface area contributed by atoms with E-state index in [4.69, 9.17) is 4.74 Å². The van der Waals surface area contributed by atoms with E-state index in [0.717, 1.165) is 50.7 Å². The molecule has 5 nitrogen and oxygen atoms in total. The Hall–Kier alpha value is -0.980. The molecule has 0 radical (unpaired) electrons. The Morgan fingerprint density at radius 1 is 1.55 bits per heavy atom. The topological polar surface area (TPSA) is 54.5 Å². The van der Waals surface area contributed by atoms with Crippen LogP contribution in [0, 0.1) is 11.3 Å². The van der Waals surface area contributed by atoms with Crippen LogP contribution in [0.1, 0.15) is 31.7 Å². The Kier molecular flexibility index (Phi) is 4.80. The van der Waals surface area contributed by atoms with Gasteiger partial charge in [-0.3, -0.25) is 9.69 Å². The van der Waals surface area contributed by atoms with Gasteiger partial charge in [0.15, 0.2) is 0 Å². The van der Waals surface area contributed by atoms with E-state index in [1.807, 2.05) is 25.4 Å². The number of thiazole rings is 1. The van der Waals surface area contributed by atoms with E-state index < -0.39 is 0 Å². The van der Waals surface area contributed by atoms with Crippen LogP contribution in [0.15, 0.2) is 11.6 Å². The molecule has 3 heterocycles. The van der Waals surface area contributed by atoms with Gasteiger partial charge < -0.3 is 10.1 Å². The molecule has 1 atom stereocenters. The van der Waals surface area contributed by atoms with Crippen molar-refractivity contribution in [2.75, 3.05) is 26.3 Å². The minimum absolute atomic E-state index is 0.0683. The van der Waals surface area contributed by atoms with Crippen LogP contribution in [0.2, 0.25) is 0 Å². The van der Waals surface area contributed by atoms with E-state index in [2.05, 4.69) is 15.2 Å². The summed E-state index contributed by atoms with van der Waals surface area (Å²) in [4.78, 5) is 19.5. The predicted molar refractivity (Wildman–Crippen MR) is 86.6 cm³/mol. The second-order valence-corrected chi connectivity index (χ2v) is 7.77. The van der Waals surface area contributed by atoms with Gasteiger partial charge in [0.25, 0.3) is 0 Å². The maximum Gasteiger partial charge on any atom is 0.225 e. The molecule has 1 amide bonds. The van der Waals surface area contributed by atoms with Crippen LogP contribution in [-0.4, -0.2) is 48.1 Å². The molecule has 0 bridgehead atoms. The molecule has 1 aromatic rings. The van der Waals surface area contributed by atoms with Crippen LogP contribution in [0.4, 0.5) is 0 Å². The number of carbonyl (C=O) groups is 1. The second-order valence-electron chi connectivity index (χ2n) is 6.79. The fourth-order valence-corrected chi connectivity index (χ4v) is 4.40. The highest BCUT2D eigenvalue weighted by Gasteiger charge is 2.50. The lowest BCUT2D eigenvalue weighted by Gasteiger charge is -2.37. The van der Waals surface area contributed by atoms with Gasteiger partial charge in [0.05, 0.1) is 12.5 Å². The van der Waals surface area contributed by atoms with Gasteiger partial charge in [-0.1, -0.05) is 0 Å². The van der Waals surface area contributed by atoms with Crippen molar-refractivity contribution in [3.63, 3.8) is 0 Å². The molecule has 1 N–H and O–H groups in total. The first-order valence-electron chi connectivity index (χ1n) is 8.08. The molecule has 0 unspecified atom stereocenters. The van der Waals surface area contributed by atoms with Gasteiger partial charge in [0.2, 0.25) is 5.91 Å². The van der Waals surface area contributed by atoms with Crippen LogP contribution in [0.25, 0.3) is 0 Å². The number of aromatic nitrogens is 1. The minimum atomic E-state index is 0.0683. The number of hydrogen-bond donors (Lipinski definition) is 1. The Labute approximate surface area is 136 Å². The maximum absolute atomic E-state index is 12.7. The Balaban J connectivity index is 1.74. The number of carbonyl (C=O) groups excluding carboxylic acids is 1. The molecule has 2 aliphatic heterocycles. The van der Waals surface area contributed by atoms with Gasteiger partial charge in [0.1, 0.15) is 5.01 Å². The van der Waals surface area contributed by atoms with E-state index in [0.29, 0.717) is 0 Å². The first-order chi connectivity index (χ1) is 10.6. The summed E-state index contributed by atoms with van der Waals surface area (Å²) in [5.41, 5.74) is 0.0779. The summed E-state index contributed by atoms with van der Waals surface area (Å²) >= 11 is 1.69. The highest BCUT2D eigenvalue weighted by Crippen LogP contribution is 2.44. The third kappa shape index (κ3) is 3.34. The molecule has 6 heteroatoms. The number of likely N-dealkylation sites (tertiary alicyclic amines) is 1. The monoisotopic (exact) mass is 323 g/mol. The molecule has 2 saturated heterocycles. The van der Waals surface area contributed by atoms with E-state index >= 15 is 0 Å². The van der Waals surface area contributed by atoms with Gasteiger partial charge in [-0.15, -0.1) is 11.3 Å². The van der Waals surface area contributed by atoms with Crippen LogP contribution >= 0.6 is 11.3 Å². The van der Waals surface area contributed by atoms with E-state index in [1.54, 1.807) is 11.3 Å².